The molecule has 1 N–H and O–H groups in total. The first-order valence-corrected chi connectivity index (χ1v) is 8.98. The van der Waals surface area contributed by atoms with Crippen molar-refractivity contribution in [3.63, 3.8) is 0 Å². The molecule has 22 heavy (non-hydrogen) atoms. The number of rotatable bonds is 7. The Balaban J connectivity index is 1.36. The van der Waals surface area contributed by atoms with Gasteiger partial charge in [-0.25, -0.2) is 0 Å². The van der Waals surface area contributed by atoms with E-state index in [1.807, 2.05) is 18.2 Å². The molecule has 3 rings (SSSR count). The molecule has 5 heteroatoms. The lowest BCUT2D eigenvalue weighted by atomic mass is 9.98. The lowest BCUT2D eigenvalue weighted by Crippen LogP contribution is -2.18. The standard InChI is InChI=1S/C17H23N3OS/c1-3-8-14(9-4-1)16-19-20-17(22-16)18-12-7-13-21-15-10-5-2-6-11-15/h1,3-4,8-9,15H,2,5-7,10-13H2,(H,18,20). The molecule has 4 nitrogen and oxygen atoms in total. The Kier molecular flexibility index (Phi) is 5.79. The predicted molar refractivity (Wildman–Crippen MR) is 91.3 cm³/mol. The van der Waals surface area contributed by atoms with E-state index in [9.17, 15) is 0 Å². The molecule has 0 saturated heterocycles. The van der Waals surface area contributed by atoms with Crippen LogP contribution in [0.25, 0.3) is 10.6 Å². The molecule has 0 unspecified atom stereocenters. The molecule has 0 atom stereocenters. The van der Waals surface area contributed by atoms with Gasteiger partial charge < -0.3 is 10.1 Å². The van der Waals surface area contributed by atoms with Crippen LogP contribution in [0, 0.1) is 0 Å². The van der Waals surface area contributed by atoms with E-state index in [-0.39, 0.29) is 0 Å². The van der Waals surface area contributed by atoms with Gasteiger partial charge in [-0.05, 0) is 19.3 Å². The summed E-state index contributed by atoms with van der Waals surface area (Å²) in [5, 5.41) is 13.6. The SMILES string of the molecule is c1ccc(-c2nnc(NCCCOC3CCCCC3)s2)cc1. The summed E-state index contributed by atoms with van der Waals surface area (Å²) >= 11 is 1.60. The van der Waals surface area contributed by atoms with Crippen molar-refractivity contribution in [3.05, 3.63) is 30.3 Å². The lowest BCUT2D eigenvalue weighted by molar-refractivity contribution is 0.0284. The summed E-state index contributed by atoms with van der Waals surface area (Å²) in [7, 11) is 0. The average Bonchev–Trinajstić information content (AvgIpc) is 3.05. The molecule has 1 fully saturated rings. The maximum Gasteiger partial charge on any atom is 0.206 e. The fraction of sp³-hybridized carbons (Fsp3) is 0.529. The van der Waals surface area contributed by atoms with Gasteiger partial charge in [0.2, 0.25) is 5.13 Å². The molecular weight excluding hydrogens is 294 g/mol. The summed E-state index contributed by atoms with van der Waals surface area (Å²) in [5.41, 5.74) is 1.12. The van der Waals surface area contributed by atoms with Gasteiger partial charge in [0.05, 0.1) is 6.10 Å². The van der Waals surface area contributed by atoms with E-state index in [1.165, 1.54) is 32.1 Å². The van der Waals surface area contributed by atoms with Gasteiger partial charge in [-0.1, -0.05) is 60.9 Å². The second-order valence-electron chi connectivity index (χ2n) is 5.69. The van der Waals surface area contributed by atoms with E-state index in [4.69, 9.17) is 4.74 Å². The van der Waals surface area contributed by atoms with E-state index in [0.29, 0.717) is 6.10 Å². The van der Waals surface area contributed by atoms with Crippen LogP contribution in [0.4, 0.5) is 5.13 Å². The summed E-state index contributed by atoms with van der Waals surface area (Å²) < 4.78 is 5.92. The van der Waals surface area contributed by atoms with E-state index in [0.717, 1.165) is 35.3 Å². The number of nitrogens with zero attached hydrogens (tertiary/aromatic N) is 2. The van der Waals surface area contributed by atoms with Gasteiger partial charge in [-0.15, -0.1) is 10.2 Å². The van der Waals surface area contributed by atoms with Crippen molar-refractivity contribution in [1.29, 1.82) is 0 Å². The highest BCUT2D eigenvalue weighted by Crippen LogP contribution is 2.25. The van der Waals surface area contributed by atoms with Crippen LogP contribution < -0.4 is 5.32 Å². The number of ether oxygens (including phenoxy) is 1. The van der Waals surface area contributed by atoms with Gasteiger partial charge in [0.25, 0.3) is 0 Å². The van der Waals surface area contributed by atoms with Crippen molar-refractivity contribution in [2.75, 3.05) is 18.5 Å². The van der Waals surface area contributed by atoms with Crippen molar-refractivity contribution in [2.45, 2.75) is 44.6 Å². The minimum atomic E-state index is 0.500. The third-order valence-electron chi connectivity index (χ3n) is 3.95. The van der Waals surface area contributed by atoms with Crippen LogP contribution in [0.15, 0.2) is 30.3 Å². The van der Waals surface area contributed by atoms with Gasteiger partial charge in [0.1, 0.15) is 5.01 Å². The summed E-state index contributed by atoms with van der Waals surface area (Å²) in [6.07, 6.45) is 8.03. The summed E-state index contributed by atoms with van der Waals surface area (Å²) in [6, 6.07) is 10.2. The van der Waals surface area contributed by atoms with Crippen LogP contribution in [0.1, 0.15) is 38.5 Å². The predicted octanol–water partition coefficient (Wildman–Crippen LogP) is 4.36. The molecule has 1 saturated carbocycles. The Morgan fingerprint density at radius 3 is 2.73 bits per heavy atom. The second-order valence-corrected chi connectivity index (χ2v) is 6.67. The Bertz CT molecular complexity index is 552. The Morgan fingerprint density at radius 2 is 1.91 bits per heavy atom. The maximum atomic E-state index is 5.92. The molecule has 1 aliphatic rings. The molecule has 0 spiro atoms. The zero-order valence-corrected chi connectivity index (χ0v) is 13.6. The highest BCUT2D eigenvalue weighted by molar-refractivity contribution is 7.18. The highest BCUT2D eigenvalue weighted by atomic mass is 32.1. The third-order valence-corrected chi connectivity index (χ3v) is 4.88. The van der Waals surface area contributed by atoms with Gasteiger partial charge in [0.15, 0.2) is 0 Å². The largest absolute Gasteiger partial charge is 0.378 e. The molecule has 1 aromatic heterocycles. The van der Waals surface area contributed by atoms with E-state index in [1.54, 1.807) is 11.3 Å². The van der Waals surface area contributed by atoms with Crippen LogP contribution >= 0.6 is 11.3 Å². The highest BCUT2D eigenvalue weighted by Gasteiger charge is 2.13. The van der Waals surface area contributed by atoms with Crippen LogP contribution in [-0.2, 0) is 4.74 Å². The topological polar surface area (TPSA) is 47.0 Å². The van der Waals surface area contributed by atoms with Crippen molar-refractivity contribution in [3.8, 4) is 10.6 Å². The van der Waals surface area contributed by atoms with Gasteiger partial charge in [0, 0.05) is 18.7 Å². The van der Waals surface area contributed by atoms with E-state index < -0.39 is 0 Å². The summed E-state index contributed by atoms with van der Waals surface area (Å²) in [6.45, 7) is 1.72. The van der Waals surface area contributed by atoms with Crippen molar-refractivity contribution in [2.24, 2.45) is 0 Å². The normalized spacial score (nSPS) is 15.8. The van der Waals surface area contributed by atoms with Crippen LogP contribution in [-0.4, -0.2) is 29.5 Å². The Morgan fingerprint density at radius 1 is 1.09 bits per heavy atom. The maximum absolute atomic E-state index is 5.92. The molecule has 2 aromatic rings. The minimum absolute atomic E-state index is 0.500. The molecule has 1 aromatic carbocycles. The van der Waals surface area contributed by atoms with Crippen molar-refractivity contribution < 1.29 is 4.74 Å². The van der Waals surface area contributed by atoms with Crippen LogP contribution in [0.5, 0.6) is 0 Å². The third kappa shape index (κ3) is 4.52. The smallest absolute Gasteiger partial charge is 0.206 e. The fourth-order valence-corrected chi connectivity index (χ4v) is 3.52. The van der Waals surface area contributed by atoms with Gasteiger partial charge in [-0.2, -0.15) is 0 Å². The molecule has 118 valence electrons. The van der Waals surface area contributed by atoms with Crippen LogP contribution in [0.2, 0.25) is 0 Å². The Hall–Kier alpha value is -1.46. The lowest BCUT2D eigenvalue weighted by Gasteiger charge is -2.21. The number of hydrogen-bond acceptors (Lipinski definition) is 5. The van der Waals surface area contributed by atoms with Gasteiger partial charge >= 0.3 is 0 Å². The molecule has 0 radical (unpaired) electrons. The summed E-state index contributed by atoms with van der Waals surface area (Å²) in [4.78, 5) is 0. The zero-order chi connectivity index (χ0) is 15.0. The number of hydrogen-bond donors (Lipinski definition) is 1. The number of anilines is 1. The second kappa shape index (κ2) is 8.25. The molecular formula is C17H23N3OS. The quantitative estimate of drug-likeness (QED) is 0.771. The first kappa shape index (κ1) is 15.4. The molecule has 1 heterocycles. The average molecular weight is 317 g/mol. The van der Waals surface area contributed by atoms with Crippen LogP contribution in [0.3, 0.4) is 0 Å². The number of aromatic nitrogens is 2. The molecule has 0 amide bonds. The van der Waals surface area contributed by atoms with E-state index >= 15 is 0 Å². The molecule has 0 bridgehead atoms. The van der Waals surface area contributed by atoms with Crippen molar-refractivity contribution >= 4 is 16.5 Å². The zero-order valence-electron chi connectivity index (χ0n) is 12.8. The minimum Gasteiger partial charge on any atom is -0.378 e. The summed E-state index contributed by atoms with van der Waals surface area (Å²) in [5.74, 6) is 0. The first-order chi connectivity index (χ1) is 10.9. The first-order valence-electron chi connectivity index (χ1n) is 8.16. The number of nitrogens with one attached hydrogen (secondary N) is 1. The molecule has 0 aliphatic heterocycles. The Labute approximate surface area is 135 Å². The monoisotopic (exact) mass is 317 g/mol. The van der Waals surface area contributed by atoms with Crippen molar-refractivity contribution in [1.82, 2.24) is 10.2 Å². The number of benzene rings is 1. The van der Waals surface area contributed by atoms with E-state index in [2.05, 4.69) is 27.6 Å². The van der Waals surface area contributed by atoms with Gasteiger partial charge in [-0.3, -0.25) is 0 Å². The molecule has 1 aliphatic carbocycles. The fourth-order valence-electron chi connectivity index (χ4n) is 2.74.